The maximum Gasteiger partial charge on any atom is 0.269 e. The van der Waals surface area contributed by atoms with Crippen LogP contribution in [0.3, 0.4) is 0 Å². The zero-order valence-corrected chi connectivity index (χ0v) is 20.3. The van der Waals surface area contributed by atoms with Crippen LogP contribution in [0.5, 0.6) is 0 Å². The molecule has 0 aliphatic rings. The van der Waals surface area contributed by atoms with Gasteiger partial charge in [-0.2, -0.15) is 0 Å². The Morgan fingerprint density at radius 1 is 0.882 bits per heavy atom. The van der Waals surface area contributed by atoms with Crippen LogP contribution >= 0.6 is 0 Å². The van der Waals surface area contributed by atoms with E-state index in [1.807, 2.05) is 30.3 Å². The lowest BCUT2D eigenvalue weighted by Crippen LogP contribution is -2.28. The molecule has 1 N–H and O–H groups in total. The highest BCUT2D eigenvalue weighted by atomic mass is 16.6. The van der Waals surface area contributed by atoms with Gasteiger partial charge < -0.3 is 10.2 Å². The van der Waals surface area contributed by atoms with Gasteiger partial charge in [0.05, 0.1) is 4.92 Å². The molecule has 3 aromatic rings. The van der Waals surface area contributed by atoms with Gasteiger partial charge in [-0.3, -0.25) is 14.9 Å². The summed E-state index contributed by atoms with van der Waals surface area (Å²) >= 11 is 0. The summed E-state index contributed by atoms with van der Waals surface area (Å²) in [6.45, 7) is 9.61. The predicted molar refractivity (Wildman–Crippen MR) is 138 cm³/mol. The van der Waals surface area contributed by atoms with Gasteiger partial charge in [0.15, 0.2) is 0 Å². The molecule has 0 saturated heterocycles. The molecule has 6 nitrogen and oxygen atoms in total. The summed E-state index contributed by atoms with van der Waals surface area (Å²) in [4.78, 5) is 25.7. The van der Waals surface area contributed by atoms with Gasteiger partial charge in [0, 0.05) is 43.0 Å². The first-order chi connectivity index (χ1) is 16.3. The highest BCUT2D eigenvalue weighted by Gasteiger charge is 2.17. The van der Waals surface area contributed by atoms with Crippen molar-refractivity contribution < 1.29 is 9.72 Å². The summed E-state index contributed by atoms with van der Waals surface area (Å²) in [5.41, 5.74) is 5.23. The van der Waals surface area contributed by atoms with E-state index in [-0.39, 0.29) is 11.6 Å². The van der Waals surface area contributed by atoms with Gasteiger partial charge in [0.2, 0.25) is 5.91 Å². The van der Waals surface area contributed by atoms with E-state index in [4.69, 9.17) is 0 Å². The monoisotopic (exact) mass is 459 g/mol. The zero-order valence-electron chi connectivity index (χ0n) is 20.3. The van der Waals surface area contributed by atoms with Gasteiger partial charge in [0.25, 0.3) is 5.69 Å². The van der Waals surface area contributed by atoms with E-state index >= 15 is 0 Å². The molecule has 1 amide bonds. The first-order valence-electron chi connectivity index (χ1n) is 11.7. The third-order valence-corrected chi connectivity index (χ3v) is 5.89. The minimum atomic E-state index is -0.399. The van der Waals surface area contributed by atoms with Crippen LogP contribution < -0.4 is 10.2 Å². The van der Waals surface area contributed by atoms with Crippen molar-refractivity contribution in [3.63, 3.8) is 0 Å². The Kier molecular flexibility index (Phi) is 8.41. The van der Waals surface area contributed by atoms with Gasteiger partial charge in [-0.25, -0.2) is 0 Å². The first-order valence-corrected chi connectivity index (χ1v) is 11.7. The molecule has 178 valence electrons. The smallest absolute Gasteiger partial charge is 0.269 e. The summed E-state index contributed by atoms with van der Waals surface area (Å²) in [5, 5.41) is 14.2. The quantitative estimate of drug-likeness (QED) is 0.265. The molecule has 0 aliphatic carbocycles. The van der Waals surface area contributed by atoms with Crippen LogP contribution in [0, 0.1) is 10.1 Å². The standard InChI is InChI=1S/C28H33N3O3/c1-20(2)25-11-8-12-26(21(3)4)28(25)29-27(32)17-18-30(23-9-6-5-7-10-23)19-22-13-15-24(16-14-22)31(33)34/h5-16,20-21H,17-19H2,1-4H3,(H,29,32). The molecule has 34 heavy (non-hydrogen) atoms. The molecule has 0 spiro atoms. The van der Waals surface area contributed by atoms with Crippen LogP contribution in [0.4, 0.5) is 17.1 Å². The number of carbonyl (C=O) groups is 1. The zero-order chi connectivity index (χ0) is 24.7. The molecule has 3 aromatic carbocycles. The fourth-order valence-electron chi connectivity index (χ4n) is 4.02. The number of hydrogen-bond acceptors (Lipinski definition) is 4. The molecule has 0 saturated carbocycles. The lowest BCUT2D eigenvalue weighted by Gasteiger charge is -2.25. The van der Waals surface area contributed by atoms with Crippen LogP contribution in [0.2, 0.25) is 0 Å². The topological polar surface area (TPSA) is 75.5 Å². The predicted octanol–water partition coefficient (Wildman–Crippen LogP) is 6.88. The van der Waals surface area contributed by atoms with Crippen molar-refractivity contribution in [2.24, 2.45) is 0 Å². The Morgan fingerprint density at radius 3 is 2.00 bits per heavy atom. The van der Waals surface area contributed by atoms with Crippen molar-refractivity contribution in [1.29, 1.82) is 0 Å². The molecule has 0 aromatic heterocycles. The molecule has 3 rings (SSSR count). The molecular formula is C28H33N3O3. The molecule has 0 bridgehead atoms. The molecule has 0 atom stereocenters. The fourth-order valence-corrected chi connectivity index (χ4v) is 4.02. The summed E-state index contributed by atoms with van der Waals surface area (Å²) in [7, 11) is 0. The number of benzene rings is 3. The number of nitro benzene ring substituents is 1. The van der Waals surface area contributed by atoms with E-state index in [2.05, 4.69) is 56.1 Å². The lowest BCUT2D eigenvalue weighted by atomic mass is 9.92. The number of amides is 1. The van der Waals surface area contributed by atoms with Crippen LogP contribution in [-0.2, 0) is 11.3 Å². The van der Waals surface area contributed by atoms with E-state index in [1.165, 1.54) is 12.1 Å². The van der Waals surface area contributed by atoms with Crippen molar-refractivity contribution in [2.75, 3.05) is 16.8 Å². The number of non-ortho nitro benzene ring substituents is 1. The van der Waals surface area contributed by atoms with Crippen LogP contribution in [-0.4, -0.2) is 17.4 Å². The fraction of sp³-hybridized carbons (Fsp3) is 0.321. The molecule has 0 aliphatic heterocycles. The van der Waals surface area contributed by atoms with Gasteiger partial charge in [-0.15, -0.1) is 0 Å². The van der Waals surface area contributed by atoms with Crippen molar-refractivity contribution >= 4 is 23.0 Å². The second-order valence-corrected chi connectivity index (χ2v) is 9.10. The number of carbonyl (C=O) groups excluding carboxylic acids is 1. The van der Waals surface area contributed by atoms with E-state index in [9.17, 15) is 14.9 Å². The van der Waals surface area contributed by atoms with Crippen LogP contribution in [0.25, 0.3) is 0 Å². The van der Waals surface area contributed by atoms with Crippen molar-refractivity contribution in [2.45, 2.75) is 52.5 Å². The minimum Gasteiger partial charge on any atom is -0.367 e. The molecule has 0 unspecified atom stereocenters. The van der Waals surface area contributed by atoms with Gasteiger partial charge in [-0.05, 0) is 40.7 Å². The van der Waals surface area contributed by atoms with E-state index < -0.39 is 4.92 Å². The average molecular weight is 460 g/mol. The van der Waals surface area contributed by atoms with Gasteiger partial charge in [-0.1, -0.05) is 76.2 Å². The van der Waals surface area contributed by atoms with Crippen molar-refractivity contribution in [1.82, 2.24) is 0 Å². The Morgan fingerprint density at radius 2 is 1.47 bits per heavy atom. The van der Waals surface area contributed by atoms with Gasteiger partial charge >= 0.3 is 0 Å². The normalized spacial score (nSPS) is 11.0. The van der Waals surface area contributed by atoms with Crippen molar-refractivity contribution in [3.8, 4) is 0 Å². The third kappa shape index (κ3) is 6.44. The molecular weight excluding hydrogens is 426 g/mol. The maximum absolute atomic E-state index is 13.1. The number of nitrogens with zero attached hydrogens (tertiary/aromatic N) is 2. The second-order valence-electron chi connectivity index (χ2n) is 9.10. The number of anilines is 2. The summed E-state index contributed by atoms with van der Waals surface area (Å²) in [6.07, 6.45) is 0.325. The third-order valence-electron chi connectivity index (χ3n) is 5.89. The summed E-state index contributed by atoms with van der Waals surface area (Å²) in [6, 6.07) is 22.7. The number of hydrogen-bond donors (Lipinski definition) is 1. The Bertz CT molecular complexity index is 1080. The van der Waals surface area contributed by atoms with Crippen molar-refractivity contribution in [3.05, 3.63) is 99.6 Å². The van der Waals surface area contributed by atoms with E-state index in [0.29, 0.717) is 31.3 Å². The minimum absolute atomic E-state index is 0.0281. The first kappa shape index (κ1) is 25.0. The SMILES string of the molecule is CC(C)c1cccc(C(C)C)c1NC(=O)CCN(Cc1ccc([N+](=O)[O-])cc1)c1ccccc1. The lowest BCUT2D eigenvalue weighted by molar-refractivity contribution is -0.384. The Balaban J connectivity index is 1.76. The van der Waals surface area contributed by atoms with Crippen LogP contribution in [0.15, 0.2) is 72.8 Å². The molecule has 0 fully saturated rings. The molecule has 6 heteroatoms. The Hall–Kier alpha value is -3.67. The molecule has 0 radical (unpaired) electrons. The number of nitro groups is 1. The second kappa shape index (κ2) is 11.5. The molecule has 0 heterocycles. The highest BCUT2D eigenvalue weighted by molar-refractivity contribution is 5.93. The average Bonchev–Trinajstić information content (AvgIpc) is 2.82. The van der Waals surface area contributed by atoms with E-state index in [0.717, 1.165) is 28.1 Å². The number of para-hydroxylation sites is 2. The van der Waals surface area contributed by atoms with E-state index in [1.54, 1.807) is 12.1 Å². The summed E-state index contributed by atoms with van der Waals surface area (Å²) in [5.74, 6) is 0.577. The summed E-state index contributed by atoms with van der Waals surface area (Å²) < 4.78 is 0. The number of rotatable bonds is 10. The largest absolute Gasteiger partial charge is 0.367 e. The Labute approximate surface area is 201 Å². The van der Waals surface area contributed by atoms with Gasteiger partial charge in [0.1, 0.15) is 0 Å². The maximum atomic E-state index is 13.1. The van der Waals surface area contributed by atoms with Crippen LogP contribution in [0.1, 0.15) is 62.6 Å². The number of nitrogens with one attached hydrogen (secondary N) is 1. The highest BCUT2D eigenvalue weighted by Crippen LogP contribution is 2.32.